The van der Waals surface area contributed by atoms with Gasteiger partial charge in [-0.25, -0.2) is 13.4 Å². The Morgan fingerprint density at radius 1 is 1.59 bits per heavy atom. The van der Waals surface area contributed by atoms with E-state index in [1.807, 2.05) is 0 Å². The molecular weight excluding hydrogens is 244 g/mol. The number of hydrogen-bond donors (Lipinski definition) is 2. The van der Waals surface area contributed by atoms with Crippen molar-refractivity contribution in [2.24, 2.45) is 0 Å². The van der Waals surface area contributed by atoms with Gasteiger partial charge < -0.3 is 5.32 Å². The van der Waals surface area contributed by atoms with Crippen LogP contribution >= 0.6 is 0 Å². The molecule has 94 valence electrons. The number of hydrogen-bond acceptors (Lipinski definition) is 5. The van der Waals surface area contributed by atoms with E-state index < -0.39 is 21.0 Å². The normalized spacial score (nSPS) is 22.5. The van der Waals surface area contributed by atoms with Gasteiger partial charge in [-0.05, 0) is 19.8 Å². The third kappa shape index (κ3) is 2.63. The van der Waals surface area contributed by atoms with Gasteiger partial charge >= 0.3 is 0 Å². The third-order valence-electron chi connectivity index (χ3n) is 2.75. The van der Waals surface area contributed by atoms with Crippen LogP contribution in [-0.2, 0) is 9.84 Å². The molecule has 1 atom stereocenters. The second kappa shape index (κ2) is 4.44. The maximum Gasteiger partial charge on any atom is 0.290 e. The molecule has 0 spiro atoms. The highest BCUT2D eigenvalue weighted by molar-refractivity contribution is 7.92. The summed E-state index contributed by atoms with van der Waals surface area (Å²) in [6.45, 7) is 1.82. The Labute approximate surface area is 98.9 Å². The SMILES string of the molecule is Cc1nc(C(=O)NCC2CCCS2(=O)=O)n[nH]1. The van der Waals surface area contributed by atoms with Gasteiger partial charge in [0, 0.05) is 6.54 Å². The lowest BCUT2D eigenvalue weighted by atomic mass is 10.2. The molecule has 8 heteroatoms. The van der Waals surface area contributed by atoms with E-state index in [1.165, 1.54) is 0 Å². The summed E-state index contributed by atoms with van der Waals surface area (Å²) in [5.74, 6) is 0.353. The van der Waals surface area contributed by atoms with E-state index in [4.69, 9.17) is 0 Å². The van der Waals surface area contributed by atoms with Crippen molar-refractivity contribution < 1.29 is 13.2 Å². The molecule has 7 nitrogen and oxygen atoms in total. The van der Waals surface area contributed by atoms with Crippen LogP contribution in [0.4, 0.5) is 0 Å². The van der Waals surface area contributed by atoms with Crippen LogP contribution in [0.5, 0.6) is 0 Å². The summed E-state index contributed by atoms with van der Waals surface area (Å²) in [7, 11) is -3.02. The minimum atomic E-state index is -3.02. The van der Waals surface area contributed by atoms with Crippen LogP contribution in [0.1, 0.15) is 29.3 Å². The Kier molecular flexibility index (Phi) is 3.14. The summed E-state index contributed by atoms with van der Waals surface area (Å²) in [6, 6.07) is 0. The van der Waals surface area contributed by atoms with Gasteiger partial charge in [-0.3, -0.25) is 9.89 Å². The molecule has 17 heavy (non-hydrogen) atoms. The van der Waals surface area contributed by atoms with Crippen LogP contribution in [0.25, 0.3) is 0 Å². The molecule has 0 aliphatic carbocycles. The summed E-state index contributed by atoms with van der Waals surface area (Å²) in [5.41, 5.74) is 0. The van der Waals surface area contributed by atoms with E-state index >= 15 is 0 Å². The van der Waals surface area contributed by atoms with Crippen LogP contribution in [-0.4, -0.2) is 47.1 Å². The Hall–Kier alpha value is -1.44. The van der Waals surface area contributed by atoms with Gasteiger partial charge in [-0.2, -0.15) is 0 Å². The van der Waals surface area contributed by atoms with Crippen molar-refractivity contribution >= 4 is 15.7 Å². The van der Waals surface area contributed by atoms with E-state index in [-0.39, 0.29) is 18.1 Å². The van der Waals surface area contributed by atoms with Crippen LogP contribution in [0.15, 0.2) is 0 Å². The fraction of sp³-hybridized carbons (Fsp3) is 0.667. The second-order valence-corrected chi connectivity index (χ2v) is 6.49. The fourth-order valence-corrected chi connectivity index (χ4v) is 3.58. The molecule has 1 aliphatic rings. The second-order valence-electron chi connectivity index (χ2n) is 4.09. The van der Waals surface area contributed by atoms with Gasteiger partial charge in [0.2, 0.25) is 5.82 Å². The largest absolute Gasteiger partial charge is 0.348 e. The molecule has 1 amide bonds. The highest BCUT2D eigenvalue weighted by Gasteiger charge is 2.31. The zero-order chi connectivity index (χ0) is 12.5. The molecule has 1 aromatic heterocycles. The van der Waals surface area contributed by atoms with Crippen molar-refractivity contribution in [3.8, 4) is 0 Å². The summed E-state index contributed by atoms with van der Waals surface area (Å²) < 4.78 is 23.1. The fourth-order valence-electron chi connectivity index (χ4n) is 1.82. The highest BCUT2D eigenvalue weighted by Crippen LogP contribution is 2.18. The lowest BCUT2D eigenvalue weighted by Crippen LogP contribution is -2.35. The Bertz CT molecular complexity index is 522. The highest BCUT2D eigenvalue weighted by atomic mass is 32.2. The summed E-state index contributed by atoms with van der Waals surface area (Å²) >= 11 is 0. The van der Waals surface area contributed by atoms with Crippen LogP contribution in [0, 0.1) is 6.92 Å². The molecule has 2 heterocycles. The molecule has 1 unspecified atom stereocenters. The quantitative estimate of drug-likeness (QED) is 0.754. The number of sulfone groups is 1. The van der Waals surface area contributed by atoms with Crippen molar-refractivity contribution in [3.63, 3.8) is 0 Å². The number of amides is 1. The standard InChI is InChI=1S/C9H14N4O3S/c1-6-11-8(13-12-6)9(14)10-5-7-3-2-4-17(7,15)16/h7H,2-5H2,1H3,(H,10,14)(H,11,12,13). The number of aryl methyl sites for hydroxylation is 1. The van der Waals surface area contributed by atoms with Gasteiger partial charge in [0.05, 0.1) is 11.0 Å². The van der Waals surface area contributed by atoms with Gasteiger partial charge in [0.1, 0.15) is 5.82 Å². The predicted octanol–water partition coefficient (Wildman–Crippen LogP) is -0.580. The molecule has 1 saturated heterocycles. The number of rotatable bonds is 3. The lowest BCUT2D eigenvalue weighted by molar-refractivity contribution is 0.0943. The minimum Gasteiger partial charge on any atom is -0.348 e. The zero-order valence-electron chi connectivity index (χ0n) is 9.43. The molecular formula is C9H14N4O3S. The van der Waals surface area contributed by atoms with Crippen molar-refractivity contribution in [2.75, 3.05) is 12.3 Å². The van der Waals surface area contributed by atoms with Gasteiger partial charge in [-0.15, -0.1) is 5.10 Å². The van der Waals surface area contributed by atoms with E-state index in [0.717, 1.165) is 0 Å². The average molecular weight is 258 g/mol. The topological polar surface area (TPSA) is 105 Å². The number of nitrogens with zero attached hydrogens (tertiary/aromatic N) is 2. The van der Waals surface area contributed by atoms with E-state index in [2.05, 4.69) is 20.5 Å². The Morgan fingerprint density at radius 2 is 2.35 bits per heavy atom. The van der Waals surface area contributed by atoms with Crippen molar-refractivity contribution in [1.29, 1.82) is 0 Å². The van der Waals surface area contributed by atoms with E-state index in [0.29, 0.717) is 18.7 Å². The van der Waals surface area contributed by atoms with Gasteiger partial charge in [0.15, 0.2) is 9.84 Å². The smallest absolute Gasteiger partial charge is 0.290 e. The van der Waals surface area contributed by atoms with E-state index in [9.17, 15) is 13.2 Å². The number of nitrogens with one attached hydrogen (secondary N) is 2. The predicted molar refractivity (Wildman–Crippen MR) is 60.3 cm³/mol. The first kappa shape index (κ1) is 12.0. The molecule has 1 aromatic rings. The molecule has 0 saturated carbocycles. The number of aromatic nitrogens is 3. The number of aromatic amines is 1. The molecule has 0 radical (unpaired) electrons. The minimum absolute atomic E-state index is 0.0397. The lowest BCUT2D eigenvalue weighted by Gasteiger charge is -2.09. The first-order valence-corrected chi connectivity index (χ1v) is 7.09. The molecule has 2 rings (SSSR count). The number of H-pyrrole nitrogens is 1. The van der Waals surface area contributed by atoms with Crippen molar-refractivity contribution in [3.05, 3.63) is 11.6 Å². The first-order chi connectivity index (χ1) is 7.99. The summed E-state index contributed by atoms with van der Waals surface area (Å²) in [4.78, 5) is 15.4. The number of carbonyl (C=O) groups excluding carboxylic acids is 1. The van der Waals surface area contributed by atoms with Crippen molar-refractivity contribution in [2.45, 2.75) is 25.0 Å². The van der Waals surface area contributed by atoms with Crippen LogP contribution in [0.3, 0.4) is 0 Å². The monoisotopic (exact) mass is 258 g/mol. The molecule has 1 aliphatic heterocycles. The maximum absolute atomic E-state index is 11.6. The molecule has 0 aromatic carbocycles. The first-order valence-electron chi connectivity index (χ1n) is 5.38. The zero-order valence-corrected chi connectivity index (χ0v) is 10.2. The molecule has 0 bridgehead atoms. The summed E-state index contributed by atoms with van der Waals surface area (Å²) in [6.07, 6.45) is 1.28. The number of carbonyl (C=O) groups is 1. The molecule has 1 fully saturated rings. The molecule has 2 N–H and O–H groups in total. The van der Waals surface area contributed by atoms with Crippen LogP contribution < -0.4 is 5.32 Å². The van der Waals surface area contributed by atoms with Crippen molar-refractivity contribution in [1.82, 2.24) is 20.5 Å². The van der Waals surface area contributed by atoms with Gasteiger partial charge in [-0.1, -0.05) is 0 Å². The third-order valence-corrected chi connectivity index (χ3v) is 5.03. The van der Waals surface area contributed by atoms with Crippen LogP contribution in [0.2, 0.25) is 0 Å². The van der Waals surface area contributed by atoms with E-state index in [1.54, 1.807) is 6.92 Å². The average Bonchev–Trinajstić information content (AvgIpc) is 2.81. The summed E-state index contributed by atoms with van der Waals surface area (Å²) in [5, 5.41) is 8.33. The Balaban J connectivity index is 1.93. The van der Waals surface area contributed by atoms with Gasteiger partial charge in [0.25, 0.3) is 5.91 Å². The Morgan fingerprint density at radius 3 is 2.88 bits per heavy atom. The maximum atomic E-state index is 11.6.